The number of hydrogen-bond donors (Lipinski definition) is 2. The Balaban J connectivity index is 1.49. The van der Waals surface area contributed by atoms with Gasteiger partial charge in [-0.15, -0.1) is 0 Å². The monoisotopic (exact) mass is 983 g/mol. The van der Waals surface area contributed by atoms with Gasteiger partial charge in [-0.05, 0) is 96.7 Å². The number of nitrogens with zero attached hydrogens (tertiary/aromatic N) is 2. The van der Waals surface area contributed by atoms with E-state index in [1.54, 1.807) is 32.9 Å². The normalized spacial score (nSPS) is 22.8. The van der Waals surface area contributed by atoms with Crippen LogP contribution in [0.25, 0.3) is 5.76 Å². The van der Waals surface area contributed by atoms with E-state index in [-0.39, 0.29) is 46.5 Å². The van der Waals surface area contributed by atoms with E-state index in [9.17, 15) is 9.90 Å². The van der Waals surface area contributed by atoms with Crippen LogP contribution in [0.3, 0.4) is 0 Å². The Morgan fingerprint density at radius 2 is 1.36 bits per heavy atom. The van der Waals surface area contributed by atoms with Crippen LogP contribution in [-0.4, -0.2) is 80.8 Å². The lowest BCUT2D eigenvalue weighted by Crippen LogP contribution is -2.81. The molecular weight excluding hydrogens is 915 g/mol. The Hall–Kier alpha value is -5.65. The molecule has 3 aliphatic rings. The molecule has 1 aromatic heterocycles. The highest BCUT2D eigenvalue weighted by Crippen LogP contribution is 2.61. The molecule has 70 heavy (non-hydrogen) atoms. The molecule has 5 aromatic rings. The van der Waals surface area contributed by atoms with Crippen LogP contribution >= 0.6 is 0 Å². The van der Waals surface area contributed by atoms with Gasteiger partial charge in [0.05, 0.1) is 11.6 Å². The summed E-state index contributed by atoms with van der Waals surface area (Å²) in [6.07, 6.45) is -0.966. The van der Waals surface area contributed by atoms with Crippen LogP contribution in [0.15, 0.2) is 119 Å². The van der Waals surface area contributed by atoms with Gasteiger partial charge in [0.1, 0.15) is 29.3 Å². The van der Waals surface area contributed by atoms with Crippen LogP contribution in [-0.2, 0) is 20.6 Å². The Bertz CT molecular complexity index is 2770. The minimum Gasteiger partial charge on any atom is -0.507 e. The molecule has 2 N–H and O–H groups in total. The van der Waals surface area contributed by atoms with Gasteiger partial charge in [0.2, 0.25) is 11.6 Å². The van der Waals surface area contributed by atoms with Gasteiger partial charge in [-0.1, -0.05) is 152 Å². The number of aliphatic hydroxyl groups is 1. The number of ether oxygens (including phenoxy) is 3. The van der Waals surface area contributed by atoms with Crippen LogP contribution in [0.1, 0.15) is 114 Å². The average molecular weight is 984 g/mol. The lowest BCUT2D eigenvalue weighted by atomic mass is 9.53. The summed E-state index contributed by atoms with van der Waals surface area (Å²) >= 11 is 0. The molecular formula is C56H69N3O9Si2. The second-order valence-corrected chi connectivity index (χ2v) is 32.1. The second-order valence-electron chi connectivity index (χ2n) is 23.0. The van der Waals surface area contributed by atoms with Crippen molar-refractivity contribution in [2.75, 3.05) is 14.1 Å². The molecule has 0 amide bonds. The van der Waals surface area contributed by atoms with Crippen molar-refractivity contribution in [3.8, 4) is 11.6 Å². The molecule has 1 saturated carbocycles. The molecule has 370 valence electrons. The molecule has 0 radical (unpaired) electrons. The largest absolute Gasteiger partial charge is 0.514 e. The number of Topliss-reactive ketones (excluding diaryl/α,β-unsaturated/α-hetero) is 2. The minimum absolute atomic E-state index is 0.0168. The molecule has 3 aliphatic carbocycles. The number of carbonyl (C=O) groups is 3. The number of ketones is 2. The van der Waals surface area contributed by atoms with Gasteiger partial charge < -0.3 is 33.2 Å². The summed E-state index contributed by atoms with van der Waals surface area (Å²) in [6, 6.07) is 34.1. The summed E-state index contributed by atoms with van der Waals surface area (Å²) in [7, 11) is -2.70. The first-order valence-corrected chi connectivity index (χ1v) is 29.2. The number of benzene rings is 4. The summed E-state index contributed by atoms with van der Waals surface area (Å²) in [6.45, 7) is 24.4. The molecule has 14 heteroatoms. The fraction of sp³-hybridized carbons (Fsp3) is 0.429. The van der Waals surface area contributed by atoms with E-state index in [0.717, 1.165) is 15.9 Å². The highest BCUT2D eigenvalue weighted by atomic mass is 28.4. The van der Waals surface area contributed by atoms with Gasteiger partial charge in [-0.3, -0.25) is 14.5 Å². The number of fused-ring (bicyclic) bond motifs is 4. The Labute approximate surface area is 415 Å². The fourth-order valence-corrected chi connectivity index (χ4v) is 17.5. The number of hydrogen-bond acceptors (Lipinski definition) is 12. The Morgan fingerprint density at radius 1 is 0.786 bits per heavy atom. The standard InChI is InChI=1S/C56H69N3O9Si2/c1-34-38-31-24-32-39(65-52(63)66-53(2,3)4)41(38)47(60)42-40(34)45(58-70(55(8,9)10,36-27-20-16-21-28-36)37-29-22-17-23-30-37)44-46(59(11)12)48-43(51(57-67-48)64-33-35-25-18-15-19-26-35)50(62)56(44,49(42)61)68-69(13,14)54(5,6)7/h15-32,34,40,44-46,58,60H,33H2,1-14H3/t34-,40+,44-,45-,46-,56-/m0/s1. The summed E-state index contributed by atoms with van der Waals surface area (Å²) in [5.74, 6) is -3.71. The number of rotatable bonds is 11. The van der Waals surface area contributed by atoms with Crippen molar-refractivity contribution in [3.63, 3.8) is 0 Å². The molecule has 8 rings (SSSR count). The Kier molecular flexibility index (Phi) is 13.2. The second kappa shape index (κ2) is 18.2. The Morgan fingerprint density at radius 3 is 1.89 bits per heavy atom. The maximum Gasteiger partial charge on any atom is 0.514 e. The van der Waals surface area contributed by atoms with Gasteiger partial charge in [-0.2, -0.15) is 0 Å². The maximum atomic E-state index is 16.9. The lowest BCUT2D eigenvalue weighted by Gasteiger charge is -2.61. The van der Waals surface area contributed by atoms with Crippen molar-refractivity contribution in [1.29, 1.82) is 0 Å². The molecule has 0 saturated heterocycles. The first-order chi connectivity index (χ1) is 32.8. The molecule has 0 unspecified atom stereocenters. The summed E-state index contributed by atoms with van der Waals surface area (Å²) in [4.78, 5) is 53.3. The third kappa shape index (κ3) is 8.48. The fourth-order valence-electron chi connectivity index (χ4n) is 11.0. The molecule has 4 aromatic carbocycles. The molecule has 6 atom stereocenters. The van der Waals surface area contributed by atoms with Gasteiger partial charge in [0.15, 0.2) is 27.9 Å². The van der Waals surface area contributed by atoms with Crippen molar-refractivity contribution >= 4 is 50.4 Å². The highest BCUT2D eigenvalue weighted by Gasteiger charge is 2.73. The van der Waals surface area contributed by atoms with Crippen molar-refractivity contribution in [2.24, 2.45) is 11.8 Å². The van der Waals surface area contributed by atoms with E-state index >= 15 is 9.59 Å². The predicted octanol–water partition coefficient (Wildman–Crippen LogP) is 10.5. The van der Waals surface area contributed by atoms with E-state index in [4.69, 9.17) is 23.2 Å². The van der Waals surface area contributed by atoms with E-state index in [1.165, 1.54) is 0 Å². The zero-order chi connectivity index (χ0) is 50.9. The molecule has 12 nitrogen and oxygen atoms in total. The van der Waals surface area contributed by atoms with E-state index in [0.29, 0.717) is 5.56 Å². The van der Waals surface area contributed by atoms with Gasteiger partial charge in [0.25, 0.3) is 5.88 Å². The number of nitrogens with one attached hydrogen (secondary N) is 1. The first kappa shape index (κ1) is 50.7. The quantitative estimate of drug-likeness (QED) is 0.0561. The maximum absolute atomic E-state index is 16.9. The van der Waals surface area contributed by atoms with E-state index in [2.05, 4.69) is 100 Å². The van der Waals surface area contributed by atoms with Gasteiger partial charge >= 0.3 is 6.16 Å². The third-order valence-corrected chi connectivity index (χ3v) is 25.0. The first-order valence-electron chi connectivity index (χ1n) is 24.3. The predicted molar refractivity (Wildman–Crippen MR) is 277 cm³/mol. The summed E-state index contributed by atoms with van der Waals surface area (Å²) in [5.41, 5.74) is -1.42. The molecule has 0 aliphatic heterocycles. The topological polar surface area (TPSA) is 150 Å². The number of aromatic nitrogens is 1. The van der Waals surface area contributed by atoms with Crippen molar-refractivity contribution in [3.05, 3.63) is 143 Å². The van der Waals surface area contributed by atoms with E-state index < -0.39 is 85.4 Å². The third-order valence-electron chi connectivity index (χ3n) is 15.1. The SMILES string of the molecule is C[C@H]1c2cccc(OC(=O)OC(C)(C)C)c2C(O)=C2C(=O)[C@]3(O[Si](C)(C)C(C)(C)C)C(=O)c4c(OCc5ccccc5)noc4[C@@H](N(C)C)[C@@H]3[C@@H](N[Si](c3ccccc3)(c3ccccc3)C(C)(C)C)[C@@H]21. The summed E-state index contributed by atoms with van der Waals surface area (Å²) in [5, 5.41) is 18.9. The van der Waals surface area contributed by atoms with Crippen LogP contribution < -0.4 is 24.8 Å². The molecule has 1 heterocycles. The van der Waals surface area contributed by atoms with E-state index in [1.807, 2.05) is 87.5 Å². The minimum atomic E-state index is -3.36. The molecule has 0 bridgehead atoms. The van der Waals surface area contributed by atoms with Crippen LogP contribution in [0.5, 0.6) is 11.6 Å². The van der Waals surface area contributed by atoms with Crippen molar-refractivity contribution < 1.29 is 42.6 Å². The van der Waals surface area contributed by atoms with Gasteiger partial charge in [0, 0.05) is 23.5 Å². The van der Waals surface area contributed by atoms with Crippen LogP contribution in [0.2, 0.25) is 23.2 Å². The van der Waals surface area contributed by atoms with Crippen molar-refractivity contribution in [1.82, 2.24) is 15.0 Å². The van der Waals surface area contributed by atoms with Crippen LogP contribution in [0.4, 0.5) is 4.79 Å². The molecule has 0 spiro atoms. The van der Waals surface area contributed by atoms with Crippen LogP contribution in [0, 0.1) is 11.8 Å². The number of aliphatic hydroxyl groups excluding tert-OH is 1. The number of carbonyl (C=O) groups excluding carboxylic acids is 3. The van der Waals surface area contributed by atoms with Gasteiger partial charge in [-0.25, -0.2) is 4.79 Å². The highest BCUT2D eigenvalue weighted by molar-refractivity contribution is 7.02. The lowest BCUT2D eigenvalue weighted by molar-refractivity contribution is -0.143. The smallest absolute Gasteiger partial charge is 0.507 e. The zero-order valence-electron chi connectivity index (χ0n) is 43.1. The zero-order valence-corrected chi connectivity index (χ0v) is 45.1. The summed E-state index contributed by atoms with van der Waals surface area (Å²) < 4.78 is 32.0. The molecule has 1 fully saturated rings. The van der Waals surface area contributed by atoms with Crippen molar-refractivity contribution in [2.45, 2.75) is 128 Å². The average Bonchev–Trinajstić information content (AvgIpc) is 3.71.